The summed E-state index contributed by atoms with van der Waals surface area (Å²) in [6, 6.07) is 10.5. The maximum Gasteiger partial charge on any atom is 0.212 e. The molecule has 0 amide bonds. The molecular formula is C21H21N2S+. The monoisotopic (exact) mass is 333 g/mol. The molecule has 3 heteroatoms. The fourth-order valence-electron chi connectivity index (χ4n) is 2.70. The maximum atomic E-state index is 3.94. The van der Waals surface area contributed by atoms with Crippen LogP contribution in [0.15, 0.2) is 71.3 Å². The molecule has 1 aliphatic heterocycles. The molecule has 0 aliphatic carbocycles. The summed E-state index contributed by atoms with van der Waals surface area (Å²) < 4.78 is 2.09. The van der Waals surface area contributed by atoms with Crippen molar-refractivity contribution in [1.82, 2.24) is 0 Å². The lowest BCUT2D eigenvalue weighted by Crippen LogP contribution is -2.32. The summed E-state index contributed by atoms with van der Waals surface area (Å²) in [6.07, 6.45) is 14.5. The second kappa shape index (κ2) is 7.37. The van der Waals surface area contributed by atoms with Gasteiger partial charge in [-0.1, -0.05) is 54.8 Å². The Kier molecular flexibility index (Phi) is 5.02. The highest BCUT2D eigenvalue weighted by Gasteiger charge is 2.14. The smallest absolute Gasteiger partial charge is 0.212 e. The number of allylic oxidation sites excluding steroid dienone is 3. The van der Waals surface area contributed by atoms with E-state index in [0.717, 1.165) is 10.7 Å². The Balaban J connectivity index is 1.86. The van der Waals surface area contributed by atoms with Gasteiger partial charge in [0, 0.05) is 17.0 Å². The van der Waals surface area contributed by atoms with Gasteiger partial charge in [-0.05, 0) is 30.7 Å². The fraction of sp³-hybridized carbons (Fsp3) is 0.0952. The van der Waals surface area contributed by atoms with E-state index >= 15 is 0 Å². The fourth-order valence-corrected chi connectivity index (χ4v) is 3.62. The molecule has 3 rings (SSSR count). The highest BCUT2D eigenvalue weighted by Crippen LogP contribution is 2.40. The first-order valence-corrected chi connectivity index (χ1v) is 8.74. The Hall–Kier alpha value is -2.52. The molecule has 1 N–H and O–H groups in total. The van der Waals surface area contributed by atoms with Crippen LogP contribution >= 0.6 is 11.8 Å². The van der Waals surface area contributed by atoms with Crippen molar-refractivity contribution in [1.29, 1.82) is 0 Å². The van der Waals surface area contributed by atoms with Crippen molar-refractivity contribution >= 4 is 35.7 Å². The Morgan fingerprint density at radius 2 is 2.00 bits per heavy atom. The van der Waals surface area contributed by atoms with Crippen molar-refractivity contribution in [2.75, 3.05) is 5.32 Å². The van der Waals surface area contributed by atoms with Crippen LogP contribution in [0.1, 0.15) is 23.7 Å². The number of para-hydroxylation sites is 1. The predicted molar refractivity (Wildman–Crippen MR) is 105 cm³/mol. The molecule has 2 nitrogen and oxygen atoms in total. The Morgan fingerprint density at radius 3 is 2.75 bits per heavy atom. The summed E-state index contributed by atoms with van der Waals surface area (Å²) in [4.78, 5) is 1.27. The average Bonchev–Trinajstić information content (AvgIpc) is 3.00. The van der Waals surface area contributed by atoms with Gasteiger partial charge in [-0.2, -0.15) is 0 Å². The van der Waals surface area contributed by atoms with Crippen LogP contribution in [-0.2, 0) is 7.05 Å². The van der Waals surface area contributed by atoms with Crippen LogP contribution in [0.4, 0.5) is 5.69 Å². The van der Waals surface area contributed by atoms with Crippen LogP contribution in [0.3, 0.4) is 0 Å². The van der Waals surface area contributed by atoms with E-state index in [4.69, 9.17) is 0 Å². The van der Waals surface area contributed by atoms with Gasteiger partial charge in [0.05, 0.1) is 16.3 Å². The molecule has 1 aliphatic rings. The van der Waals surface area contributed by atoms with E-state index in [1.54, 1.807) is 11.8 Å². The van der Waals surface area contributed by atoms with Crippen molar-refractivity contribution in [3.8, 4) is 0 Å². The molecule has 0 saturated heterocycles. The quantitative estimate of drug-likeness (QED) is 0.768. The molecule has 1 aromatic heterocycles. The zero-order valence-electron chi connectivity index (χ0n) is 14.0. The number of hydrogen-bond donors (Lipinski definition) is 1. The minimum atomic E-state index is 1.11. The first-order valence-electron chi connectivity index (χ1n) is 7.93. The van der Waals surface area contributed by atoms with E-state index in [2.05, 4.69) is 83.4 Å². The van der Waals surface area contributed by atoms with Crippen molar-refractivity contribution < 1.29 is 4.57 Å². The minimum absolute atomic E-state index is 1.11. The molecular weight excluding hydrogens is 312 g/mol. The number of nitrogens with one attached hydrogen (secondary N) is 1. The predicted octanol–water partition coefficient (Wildman–Crippen LogP) is 5.26. The second-order valence-electron chi connectivity index (χ2n) is 5.50. The Morgan fingerprint density at radius 1 is 1.17 bits per heavy atom. The number of nitrogens with zero attached hydrogens (tertiary/aromatic N) is 1. The lowest BCUT2D eigenvalue weighted by atomic mass is 10.0. The molecule has 0 spiro atoms. The summed E-state index contributed by atoms with van der Waals surface area (Å²) in [5.74, 6) is 0. The lowest BCUT2D eigenvalue weighted by Gasteiger charge is -2.04. The molecule has 0 radical (unpaired) electrons. The third-order valence-electron chi connectivity index (χ3n) is 3.86. The first kappa shape index (κ1) is 16.3. The van der Waals surface area contributed by atoms with Crippen molar-refractivity contribution in [3.63, 3.8) is 0 Å². The number of pyridine rings is 1. The van der Waals surface area contributed by atoms with Gasteiger partial charge in [0.1, 0.15) is 7.05 Å². The standard InChI is InChI=1S/C21H20N2S/c1-4-9-17-16(14-15-23(3)19(17)5-2)10-8-13-21-22-18-11-6-7-12-20(18)24-21/h4-15H,2H2,1,3H3/p+1/b9-4-. The molecule has 2 heterocycles. The minimum Gasteiger partial charge on any atom is -0.349 e. The summed E-state index contributed by atoms with van der Waals surface area (Å²) in [5, 5.41) is 4.57. The number of fused-ring (bicyclic) bond motifs is 1. The molecule has 0 fully saturated rings. The number of benzene rings is 1. The maximum absolute atomic E-state index is 3.94. The van der Waals surface area contributed by atoms with Crippen molar-refractivity contribution in [3.05, 3.63) is 83.2 Å². The number of thioether (sulfide) groups is 1. The number of aromatic nitrogens is 1. The van der Waals surface area contributed by atoms with Gasteiger partial charge in [0.2, 0.25) is 5.69 Å². The molecule has 24 heavy (non-hydrogen) atoms. The van der Waals surface area contributed by atoms with Crippen LogP contribution in [0, 0.1) is 0 Å². The van der Waals surface area contributed by atoms with Crippen LogP contribution in [0.25, 0.3) is 18.2 Å². The Labute approximate surface area is 147 Å². The molecule has 120 valence electrons. The SMILES string of the molecule is C=Cc1c(/C=C\C)c(/C=C/C=C2/Nc3ccccc3S2)cc[n+]1C. The van der Waals surface area contributed by atoms with E-state index in [-0.39, 0.29) is 0 Å². The number of anilines is 1. The topological polar surface area (TPSA) is 15.9 Å². The molecule has 2 aromatic rings. The van der Waals surface area contributed by atoms with Gasteiger partial charge < -0.3 is 5.32 Å². The van der Waals surface area contributed by atoms with E-state index in [1.165, 1.54) is 21.7 Å². The molecule has 1 aromatic carbocycles. The van der Waals surface area contributed by atoms with Crippen molar-refractivity contribution in [2.24, 2.45) is 7.05 Å². The van der Waals surface area contributed by atoms with E-state index in [0.29, 0.717) is 0 Å². The van der Waals surface area contributed by atoms with Gasteiger partial charge in [-0.15, -0.1) is 0 Å². The normalized spacial score (nSPS) is 15.2. The van der Waals surface area contributed by atoms with E-state index < -0.39 is 0 Å². The van der Waals surface area contributed by atoms with Gasteiger partial charge >= 0.3 is 0 Å². The summed E-state index contributed by atoms with van der Waals surface area (Å²) >= 11 is 1.76. The summed E-state index contributed by atoms with van der Waals surface area (Å²) in [7, 11) is 2.04. The van der Waals surface area contributed by atoms with Crippen LogP contribution < -0.4 is 9.88 Å². The highest BCUT2D eigenvalue weighted by molar-refractivity contribution is 8.03. The van der Waals surface area contributed by atoms with E-state index in [1.807, 2.05) is 20.0 Å². The van der Waals surface area contributed by atoms with Crippen molar-refractivity contribution in [2.45, 2.75) is 11.8 Å². The van der Waals surface area contributed by atoms with E-state index in [9.17, 15) is 0 Å². The molecule has 0 bridgehead atoms. The molecule has 0 saturated carbocycles. The van der Waals surface area contributed by atoms with Crippen LogP contribution in [-0.4, -0.2) is 0 Å². The second-order valence-corrected chi connectivity index (χ2v) is 6.58. The average molecular weight is 333 g/mol. The zero-order chi connectivity index (χ0) is 16.9. The Bertz CT molecular complexity index is 833. The number of hydrogen-bond acceptors (Lipinski definition) is 2. The number of rotatable bonds is 4. The summed E-state index contributed by atoms with van der Waals surface area (Å²) in [5.41, 5.74) is 4.65. The molecule has 0 unspecified atom stereocenters. The van der Waals surface area contributed by atoms with Gasteiger partial charge in [-0.3, -0.25) is 0 Å². The first-order chi connectivity index (χ1) is 11.7. The summed E-state index contributed by atoms with van der Waals surface area (Å²) in [6.45, 7) is 5.97. The lowest BCUT2D eigenvalue weighted by molar-refractivity contribution is -0.673. The number of aryl methyl sites for hydroxylation is 1. The van der Waals surface area contributed by atoms with Gasteiger partial charge in [-0.25, -0.2) is 4.57 Å². The highest BCUT2D eigenvalue weighted by atomic mass is 32.2. The third-order valence-corrected chi connectivity index (χ3v) is 4.89. The van der Waals surface area contributed by atoms with Crippen LogP contribution in [0.5, 0.6) is 0 Å². The molecule has 0 atom stereocenters. The zero-order valence-corrected chi connectivity index (χ0v) is 14.8. The third kappa shape index (κ3) is 3.36. The van der Waals surface area contributed by atoms with Gasteiger partial charge in [0.25, 0.3) is 0 Å². The van der Waals surface area contributed by atoms with Gasteiger partial charge in [0.15, 0.2) is 6.20 Å². The largest absolute Gasteiger partial charge is 0.349 e. The van der Waals surface area contributed by atoms with Crippen LogP contribution in [0.2, 0.25) is 0 Å².